The summed E-state index contributed by atoms with van der Waals surface area (Å²) in [5, 5.41) is 0. The van der Waals surface area contributed by atoms with E-state index in [1.807, 2.05) is 4.90 Å². The highest BCUT2D eigenvalue weighted by Gasteiger charge is 2.54. The molecule has 2 saturated heterocycles. The molecule has 8 heteroatoms. The van der Waals surface area contributed by atoms with Crippen LogP contribution in [-0.4, -0.2) is 79.7 Å². The van der Waals surface area contributed by atoms with Crippen LogP contribution < -0.4 is 0 Å². The van der Waals surface area contributed by atoms with Gasteiger partial charge in [0.15, 0.2) is 0 Å². The van der Waals surface area contributed by atoms with E-state index >= 15 is 0 Å². The van der Waals surface area contributed by atoms with Gasteiger partial charge in [0.2, 0.25) is 15.9 Å². The van der Waals surface area contributed by atoms with E-state index in [0.29, 0.717) is 13.1 Å². The first kappa shape index (κ1) is 20.8. The fraction of sp³-hybridized carbons (Fsp3) is 0.714. The van der Waals surface area contributed by atoms with Crippen LogP contribution in [0.4, 0.5) is 0 Å². The number of pyridine rings is 1. The van der Waals surface area contributed by atoms with E-state index in [1.165, 1.54) is 12.6 Å². The van der Waals surface area contributed by atoms with E-state index in [9.17, 15) is 13.2 Å². The van der Waals surface area contributed by atoms with Gasteiger partial charge in [-0.15, -0.1) is 0 Å². The fourth-order valence-corrected chi connectivity index (χ4v) is 6.86. The number of hydrogen-bond donors (Lipinski definition) is 0. The molecule has 3 heterocycles. The summed E-state index contributed by atoms with van der Waals surface area (Å²) in [6, 6.07) is 3.24. The van der Waals surface area contributed by atoms with Gasteiger partial charge in [-0.1, -0.05) is 19.3 Å². The van der Waals surface area contributed by atoms with Crippen LogP contribution in [0.25, 0.3) is 0 Å². The number of rotatable bonds is 3. The lowest BCUT2D eigenvalue weighted by atomic mass is 9.67. The third-order valence-corrected chi connectivity index (χ3v) is 8.86. The zero-order valence-electron chi connectivity index (χ0n) is 17.3. The van der Waals surface area contributed by atoms with Gasteiger partial charge in [-0.3, -0.25) is 9.78 Å². The Kier molecular flexibility index (Phi) is 5.95. The molecule has 0 radical (unpaired) electrons. The summed E-state index contributed by atoms with van der Waals surface area (Å²) >= 11 is 0. The van der Waals surface area contributed by atoms with Crippen molar-refractivity contribution in [2.24, 2.45) is 11.3 Å². The van der Waals surface area contributed by atoms with Crippen LogP contribution in [0.1, 0.15) is 38.5 Å². The predicted molar refractivity (Wildman–Crippen MR) is 111 cm³/mol. The average molecular weight is 421 g/mol. The van der Waals surface area contributed by atoms with Gasteiger partial charge in [-0.2, -0.15) is 4.31 Å². The SMILES string of the molecule is CN1CCCN(C(=O)C2CN(S(=O)(=O)c3cccnc3)CC23CCCCC3)CC1. The maximum atomic E-state index is 13.6. The molecule has 7 nitrogen and oxygen atoms in total. The summed E-state index contributed by atoms with van der Waals surface area (Å²) in [4.78, 5) is 22.1. The molecular formula is C21H32N4O3S. The van der Waals surface area contributed by atoms with Gasteiger partial charge < -0.3 is 9.80 Å². The second-order valence-electron chi connectivity index (χ2n) is 8.94. The maximum absolute atomic E-state index is 13.6. The van der Waals surface area contributed by atoms with Crippen molar-refractivity contribution in [3.05, 3.63) is 24.5 Å². The number of hydrogen-bond acceptors (Lipinski definition) is 5. The molecule has 29 heavy (non-hydrogen) atoms. The Bertz CT molecular complexity index is 824. The Morgan fingerprint density at radius 1 is 1.10 bits per heavy atom. The fourth-order valence-electron chi connectivity index (χ4n) is 5.34. The van der Waals surface area contributed by atoms with Gasteiger partial charge in [0.1, 0.15) is 4.90 Å². The molecule has 1 unspecified atom stereocenters. The van der Waals surface area contributed by atoms with Gasteiger partial charge in [-0.05, 0) is 50.4 Å². The number of aromatic nitrogens is 1. The predicted octanol–water partition coefficient (Wildman–Crippen LogP) is 1.82. The summed E-state index contributed by atoms with van der Waals surface area (Å²) in [5.74, 6) is -0.0799. The highest BCUT2D eigenvalue weighted by Crippen LogP contribution is 2.49. The van der Waals surface area contributed by atoms with Crippen molar-refractivity contribution in [1.29, 1.82) is 0 Å². The van der Waals surface area contributed by atoms with E-state index < -0.39 is 10.0 Å². The lowest BCUT2D eigenvalue weighted by Crippen LogP contribution is -2.45. The van der Waals surface area contributed by atoms with Gasteiger partial charge in [0.05, 0.1) is 5.92 Å². The number of likely N-dealkylation sites (N-methyl/N-ethyl adjacent to an activating group) is 1. The summed E-state index contributed by atoms with van der Waals surface area (Å²) in [7, 11) is -1.54. The summed E-state index contributed by atoms with van der Waals surface area (Å²) in [6.45, 7) is 4.13. The van der Waals surface area contributed by atoms with Gasteiger partial charge >= 0.3 is 0 Å². The third kappa shape index (κ3) is 4.07. The highest BCUT2D eigenvalue weighted by atomic mass is 32.2. The topological polar surface area (TPSA) is 73.8 Å². The minimum Gasteiger partial charge on any atom is -0.341 e. The average Bonchev–Trinajstić information content (AvgIpc) is 2.95. The van der Waals surface area contributed by atoms with Crippen LogP contribution in [0.3, 0.4) is 0 Å². The third-order valence-electron chi connectivity index (χ3n) is 7.07. The van der Waals surface area contributed by atoms with Crippen molar-refractivity contribution in [1.82, 2.24) is 19.1 Å². The van der Waals surface area contributed by atoms with E-state index in [4.69, 9.17) is 0 Å². The second kappa shape index (κ2) is 8.32. The van der Waals surface area contributed by atoms with Crippen LogP contribution in [0.15, 0.2) is 29.4 Å². The van der Waals surface area contributed by atoms with Crippen LogP contribution in [0.2, 0.25) is 0 Å². The molecule has 0 bridgehead atoms. The molecule has 1 spiro atoms. The lowest BCUT2D eigenvalue weighted by molar-refractivity contribution is -0.139. The summed E-state index contributed by atoms with van der Waals surface area (Å²) in [6.07, 6.45) is 9.16. The number of carbonyl (C=O) groups is 1. The Balaban J connectivity index is 1.60. The van der Waals surface area contributed by atoms with Crippen molar-refractivity contribution in [2.75, 3.05) is 46.3 Å². The zero-order valence-corrected chi connectivity index (χ0v) is 18.1. The van der Waals surface area contributed by atoms with Gasteiger partial charge in [0, 0.05) is 45.1 Å². The van der Waals surface area contributed by atoms with E-state index in [1.54, 1.807) is 22.6 Å². The molecule has 160 valence electrons. The van der Waals surface area contributed by atoms with E-state index in [-0.39, 0.29) is 22.1 Å². The number of carbonyl (C=O) groups excluding carboxylic acids is 1. The Morgan fingerprint density at radius 2 is 1.90 bits per heavy atom. The minimum absolute atomic E-state index is 0.158. The van der Waals surface area contributed by atoms with Crippen molar-refractivity contribution >= 4 is 15.9 Å². The monoisotopic (exact) mass is 420 g/mol. The molecule has 1 atom stereocenters. The molecule has 1 saturated carbocycles. The van der Waals surface area contributed by atoms with Crippen LogP contribution in [0.5, 0.6) is 0 Å². The molecule has 0 N–H and O–H groups in total. The molecule has 1 aromatic rings. The molecule has 1 aromatic heterocycles. The largest absolute Gasteiger partial charge is 0.341 e. The molecule has 3 fully saturated rings. The van der Waals surface area contributed by atoms with Crippen molar-refractivity contribution in [3.63, 3.8) is 0 Å². The number of nitrogens with zero attached hydrogens (tertiary/aromatic N) is 4. The smallest absolute Gasteiger partial charge is 0.244 e. The Morgan fingerprint density at radius 3 is 2.62 bits per heavy atom. The van der Waals surface area contributed by atoms with Crippen LogP contribution in [0, 0.1) is 11.3 Å². The van der Waals surface area contributed by atoms with Gasteiger partial charge in [-0.25, -0.2) is 8.42 Å². The second-order valence-corrected chi connectivity index (χ2v) is 10.9. The van der Waals surface area contributed by atoms with Crippen LogP contribution in [-0.2, 0) is 14.8 Å². The first-order valence-corrected chi connectivity index (χ1v) is 12.2. The number of amides is 1. The Hall–Kier alpha value is -1.51. The quantitative estimate of drug-likeness (QED) is 0.746. The summed E-state index contributed by atoms with van der Waals surface area (Å²) in [5.41, 5.74) is -0.219. The maximum Gasteiger partial charge on any atom is 0.244 e. The molecule has 1 aliphatic carbocycles. The molecule has 0 aromatic carbocycles. The molecule has 1 amide bonds. The van der Waals surface area contributed by atoms with Crippen molar-refractivity contribution in [3.8, 4) is 0 Å². The van der Waals surface area contributed by atoms with E-state index in [2.05, 4.69) is 16.9 Å². The van der Waals surface area contributed by atoms with Crippen molar-refractivity contribution in [2.45, 2.75) is 43.4 Å². The molecule has 3 aliphatic rings. The number of sulfonamides is 1. The first-order valence-electron chi connectivity index (χ1n) is 10.8. The summed E-state index contributed by atoms with van der Waals surface area (Å²) < 4.78 is 28.1. The minimum atomic E-state index is -3.64. The van der Waals surface area contributed by atoms with E-state index in [0.717, 1.165) is 58.3 Å². The Labute approximate surface area is 174 Å². The first-order chi connectivity index (χ1) is 13.9. The van der Waals surface area contributed by atoms with Gasteiger partial charge in [0.25, 0.3) is 0 Å². The normalized spacial score (nSPS) is 26.5. The lowest BCUT2D eigenvalue weighted by Gasteiger charge is -2.39. The standard InChI is InChI=1S/C21H32N4O3S/c1-23-11-6-12-24(14-13-23)20(26)19-16-25(17-21(19)8-3-2-4-9-21)29(27,28)18-7-5-10-22-15-18/h5,7,10,15,19H,2-4,6,8-9,11-14,16-17H2,1H3. The van der Waals surface area contributed by atoms with Crippen LogP contribution >= 0.6 is 0 Å². The van der Waals surface area contributed by atoms with Crippen molar-refractivity contribution < 1.29 is 13.2 Å². The molecule has 2 aliphatic heterocycles. The molecule has 4 rings (SSSR count). The zero-order chi connectivity index (χ0) is 20.5. The highest BCUT2D eigenvalue weighted by molar-refractivity contribution is 7.89. The molecular weight excluding hydrogens is 388 g/mol.